The summed E-state index contributed by atoms with van der Waals surface area (Å²) < 4.78 is 51.1. The summed E-state index contributed by atoms with van der Waals surface area (Å²) >= 11 is 0. The van der Waals surface area contributed by atoms with Gasteiger partial charge in [-0.2, -0.15) is 13.2 Å². The second kappa shape index (κ2) is 6.01. The van der Waals surface area contributed by atoms with Crippen molar-refractivity contribution in [2.45, 2.75) is 32.5 Å². The Balaban J connectivity index is 3.10. The van der Waals surface area contributed by atoms with Gasteiger partial charge in [-0.1, -0.05) is 13.8 Å². The fourth-order valence-corrected chi connectivity index (χ4v) is 1.65. The van der Waals surface area contributed by atoms with Gasteiger partial charge in [0.1, 0.15) is 5.82 Å². The van der Waals surface area contributed by atoms with Crippen LogP contribution in [0.1, 0.15) is 36.7 Å². The highest BCUT2D eigenvalue weighted by atomic mass is 19.4. The lowest BCUT2D eigenvalue weighted by Gasteiger charge is -2.33. The van der Waals surface area contributed by atoms with Crippen LogP contribution in [0.25, 0.3) is 0 Å². The Bertz CT molecular complexity index is 528. The van der Waals surface area contributed by atoms with E-state index in [1.807, 2.05) is 13.8 Å². The number of benzene rings is 1. The molecule has 0 radical (unpaired) electrons. The van der Waals surface area contributed by atoms with Gasteiger partial charge in [0.05, 0.1) is 11.1 Å². The Morgan fingerprint density at radius 2 is 1.90 bits per heavy atom. The molecule has 0 aliphatic heterocycles. The van der Waals surface area contributed by atoms with E-state index in [0.717, 1.165) is 6.07 Å². The molecule has 1 amide bonds. The van der Waals surface area contributed by atoms with Gasteiger partial charge >= 0.3 is 6.18 Å². The summed E-state index contributed by atoms with van der Waals surface area (Å²) in [6.07, 6.45) is -4.85. The van der Waals surface area contributed by atoms with Gasteiger partial charge in [-0.3, -0.25) is 4.79 Å². The van der Waals surface area contributed by atoms with Crippen molar-refractivity contribution in [3.63, 3.8) is 0 Å². The number of alkyl halides is 3. The molecular weight excluding hydrogens is 288 g/mol. The lowest BCUT2D eigenvalue weighted by atomic mass is 9.88. The van der Waals surface area contributed by atoms with Crippen molar-refractivity contribution >= 4 is 5.91 Å². The lowest BCUT2D eigenvalue weighted by molar-refractivity contribution is -0.140. The summed E-state index contributed by atoms with van der Waals surface area (Å²) in [7, 11) is 0. The van der Waals surface area contributed by atoms with Crippen molar-refractivity contribution in [2.24, 2.45) is 11.7 Å². The van der Waals surface area contributed by atoms with Crippen LogP contribution in [0.5, 0.6) is 0 Å². The molecule has 0 fully saturated rings. The summed E-state index contributed by atoms with van der Waals surface area (Å²) in [6, 6.07) is 2.14. The number of nitrogens with one attached hydrogen (secondary N) is 1. The number of hydrogen-bond donors (Lipinski definition) is 2. The molecule has 1 atom stereocenters. The third-order valence-corrected chi connectivity index (χ3v) is 3.63. The van der Waals surface area contributed by atoms with E-state index in [2.05, 4.69) is 5.32 Å². The van der Waals surface area contributed by atoms with Crippen LogP contribution in [-0.2, 0) is 6.18 Å². The number of amides is 1. The number of hydrogen-bond acceptors (Lipinski definition) is 2. The molecule has 118 valence electrons. The normalized spacial score (nSPS) is 14.9. The number of halogens is 4. The minimum Gasteiger partial charge on any atom is -0.345 e. The zero-order valence-electron chi connectivity index (χ0n) is 12.0. The quantitative estimate of drug-likeness (QED) is 0.840. The van der Waals surface area contributed by atoms with E-state index >= 15 is 0 Å². The molecule has 0 aliphatic carbocycles. The van der Waals surface area contributed by atoms with Crippen LogP contribution in [0.4, 0.5) is 17.6 Å². The molecule has 0 saturated heterocycles. The molecule has 1 aromatic rings. The summed E-state index contributed by atoms with van der Waals surface area (Å²) in [4.78, 5) is 12.1. The van der Waals surface area contributed by atoms with E-state index in [1.54, 1.807) is 6.92 Å². The second-order valence-corrected chi connectivity index (χ2v) is 5.42. The number of carbonyl (C=O) groups excluding carboxylic acids is 1. The van der Waals surface area contributed by atoms with Crippen LogP contribution in [-0.4, -0.2) is 18.0 Å². The molecule has 1 aromatic carbocycles. The first-order valence-corrected chi connectivity index (χ1v) is 6.40. The third kappa shape index (κ3) is 3.93. The highest BCUT2D eigenvalue weighted by Gasteiger charge is 2.35. The maximum atomic E-state index is 13.2. The second-order valence-electron chi connectivity index (χ2n) is 5.42. The maximum absolute atomic E-state index is 13.2. The molecular formula is C14H18F4N2O. The minimum absolute atomic E-state index is 0.0195. The van der Waals surface area contributed by atoms with E-state index in [0.29, 0.717) is 12.1 Å². The van der Waals surface area contributed by atoms with Gasteiger partial charge in [-0.05, 0) is 31.0 Å². The van der Waals surface area contributed by atoms with Gasteiger partial charge in [0.15, 0.2) is 0 Å². The monoisotopic (exact) mass is 306 g/mol. The first-order valence-electron chi connectivity index (χ1n) is 6.40. The third-order valence-electron chi connectivity index (χ3n) is 3.63. The van der Waals surface area contributed by atoms with E-state index in [4.69, 9.17) is 5.73 Å². The molecule has 0 spiro atoms. The molecule has 1 rings (SSSR count). The van der Waals surface area contributed by atoms with Crippen LogP contribution in [0, 0.1) is 11.7 Å². The predicted molar refractivity (Wildman–Crippen MR) is 71.2 cm³/mol. The zero-order chi connectivity index (χ0) is 16.4. The van der Waals surface area contributed by atoms with Crippen LogP contribution in [0.2, 0.25) is 0 Å². The lowest BCUT2D eigenvalue weighted by Crippen LogP contribution is -2.55. The first-order chi connectivity index (χ1) is 9.51. The Kier molecular flexibility index (Phi) is 4.99. The first kappa shape index (κ1) is 17.4. The van der Waals surface area contributed by atoms with Crippen molar-refractivity contribution in [3.05, 3.63) is 35.1 Å². The molecule has 1 unspecified atom stereocenters. The van der Waals surface area contributed by atoms with Gasteiger partial charge in [0.2, 0.25) is 0 Å². The SMILES string of the molecule is CC(C)C(C)(CN)NC(=O)c1ccc(F)c(C(F)(F)F)c1. The summed E-state index contributed by atoms with van der Waals surface area (Å²) in [5.74, 6) is -2.15. The Morgan fingerprint density at radius 3 is 2.33 bits per heavy atom. The van der Waals surface area contributed by atoms with Crippen molar-refractivity contribution in [1.82, 2.24) is 5.32 Å². The smallest absolute Gasteiger partial charge is 0.345 e. The van der Waals surface area contributed by atoms with Crippen LogP contribution < -0.4 is 11.1 Å². The molecule has 7 heteroatoms. The molecule has 3 N–H and O–H groups in total. The van der Waals surface area contributed by atoms with Gasteiger partial charge in [0.25, 0.3) is 5.91 Å². The van der Waals surface area contributed by atoms with E-state index < -0.39 is 29.0 Å². The highest BCUT2D eigenvalue weighted by molar-refractivity contribution is 5.95. The Morgan fingerprint density at radius 1 is 1.33 bits per heavy atom. The molecule has 0 heterocycles. The Labute approximate surface area is 120 Å². The maximum Gasteiger partial charge on any atom is 0.419 e. The fourth-order valence-electron chi connectivity index (χ4n) is 1.65. The van der Waals surface area contributed by atoms with Crippen molar-refractivity contribution in [2.75, 3.05) is 6.54 Å². The van der Waals surface area contributed by atoms with E-state index in [-0.39, 0.29) is 18.0 Å². The average molecular weight is 306 g/mol. The topological polar surface area (TPSA) is 55.1 Å². The standard InChI is InChI=1S/C14H18F4N2O/c1-8(2)13(3,7-19)20-12(21)9-4-5-11(15)10(6-9)14(16,17)18/h4-6,8H,7,19H2,1-3H3,(H,20,21). The molecule has 0 aliphatic rings. The van der Waals surface area contributed by atoms with E-state index in [1.165, 1.54) is 0 Å². The number of rotatable bonds is 4. The molecule has 0 bridgehead atoms. The van der Waals surface area contributed by atoms with Gasteiger partial charge in [-0.15, -0.1) is 0 Å². The van der Waals surface area contributed by atoms with Crippen molar-refractivity contribution in [3.8, 4) is 0 Å². The number of carbonyl (C=O) groups is 1. The minimum atomic E-state index is -4.85. The van der Waals surface area contributed by atoms with Crippen molar-refractivity contribution in [1.29, 1.82) is 0 Å². The van der Waals surface area contributed by atoms with Crippen molar-refractivity contribution < 1.29 is 22.4 Å². The molecule has 0 saturated carbocycles. The Hall–Kier alpha value is -1.63. The number of nitrogens with two attached hydrogens (primary N) is 1. The highest BCUT2D eigenvalue weighted by Crippen LogP contribution is 2.32. The zero-order valence-corrected chi connectivity index (χ0v) is 12.0. The molecule has 21 heavy (non-hydrogen) atoms. The summed E-state index contributed by atoms with van der Waals surface area (Å²) in [5.41, 5.74) is 3.12. The summed E-state index contributed by atoms with van der Waals surface area (Å²) in [5, 5.41) is 2.60. The summed E-state index contributed by atoms with van der Waals surface area (Å²) in [6.45, 7) is 5.49. The van der Waals surface area contributed by atoms with Gasteiger partial charge in [-0.25, -0.2) is 4.39 Å². The predicted octanol–water partition coefficient (Wildman–Crippen LogP) is 2.95. The van der Waals surface area contributed by atoms with Gasteiger partial charge in [0, 0.05) is 12.1 Å². The van der Waals surface area contributed by atoms with Crippen LogP contribution in [0.3, 0.4) is 0 Å². The molecule has 3 nitrogen and oxygen atoms in total. The molecule has 0 aromatic heterocycles. The van der Waals surface area contributed by atoms with Crippen LogP contribution in [0.15, 0.2) is 18.2 Å². The largest absolute Gasteiger partial charge is 0.419 e. The average Bonchev–Trinajstić information content (AvgIpc) is 2.37. The fraction of sp³-hybridized carbons (Fsp3) is 0.500. The van der Waals surface area contributed by atoms with Crippen LogP contribution >= 0.6 is 0 Å². The van der Waals surface area contributed by atoms with E-state index in [9.17, 15) is 22.4 Å². The van der Waals surface area contributed by atoms with Gasteiger partial charge < -0.3 is 11.1 Å².